The van der Waals surface area contributed by atoms with Crippen molar-refractivity contribution in [2.75, 3.05) is 34.9 Å². The first-order chi connectivity index (χ1) is 20.5. The van der Waals surface area contributed by atoms with E-state index in [9.17, 15) is 14.4 Å². The van der Waals surface area contributed by atoms with Gasteiger partial charge in [0.05, 0.1) is 27.2 Å². The number of carboxylic acid groups (broad SMARTS) is 2. The highest BCUT2D eigenvalue weighted by Crippen LogP contribution is 2.41. The number of hydrogen-bond acceptors (Lipinski definition) is 9. The van der Waals surface area contributed by atoms with Crippen LogP contribution in [0.25, 0.3) is 16.5 Å². The van der Waals surface area contributed by atoms with E-state index in [0.29, 0.717) is 30.3 Å². The summed E-state index contributed by atoms with van der Waals surface area (Å²) in [6, 6.07) is 10.4. The second-order valence-electron chi connectivity index (χ2n) is 10.2. The third-order valence-corrected chi connectivity index (χ3v) is 7.60. The molecule has 0 fully saturated rings. The Hall–Kier alpha value is -4.59. The van der Waals surface area contributed by atoms with E-state index in [4.69, 9.17) is 34.6 Å². The summed E-state index contributed by atoms with van der Waals surface area (Å²) in [5.41, 5.74) is 5.86. The highest BCUT2D eigenvalue weighted by Gasteiger charge is 2.35. The smallest absolute Gasteiger partial charge is 0.335 e. The summed E-state index contributed by atoms with van der Waals surface area (Å²) >= 11 is 0. The molecular weight excluding hydrogens is 562 g/mol. The molecule has 1 aliphatic carbocycles. The van der Waals surface area contributed by atoms with Gasteiger partial charge in [-0.1, -0.05) is 18.2 Å². The minimum absolute atomic E-state index is 0.00796. The average Bonchev–Trinajstić information content (AvgIpc) is 3.42. The Labute approximate surface area is 247 Å². The van der Waals surface area contributed by atoms with Gasteiger partial charge in [-0.05, 0) is 53.9 Å². The second-order valence-corrected chi connectivity index (χ2v) is 10.2. The van der Waals surface area contributed by atoms with Crippen molar-refractivity contribution in [1.82, 2.24) is 15.2 Å². The van der Waals surface area contributed by atoms with Gasteiger partial charge in [-0.3, -0.25) is 9.69 Å². The Bertz CT molecular complexity index is 1510. The number of likely N-dealkylation sites (N-methyl/N-ethyl adjacent to an activating group) is 1. The number of benzene rings is 2. The van der Waals surface area contributed by atoms with Gasteiger partial charge in [-0.15, -0.1) is 0 Å². The third kappa shape index (κ3) is 6.43. The van der Waals surface area contributed by atoms with Crippen molar-refractivity contribution in [3.05, 3.63) is 59.3 Å². The minimum Gasteiger partial charge on any atom is -0.493 e. The van der Waals surface area contributed by atoms with Gasteiger partial charge < -0.3 is 44.9 Å². The maximum atomic E-state index is 13.2. The number of aromatic amines is 1. The number of carboxylic acids is 2. The highest BCUT2D eigenvalue weighted by molar-refractivity contribution is 5.99. The van der Waals surface area contributed by atoms with E-state index in [1.807, 2.05) is 12.1 Å². The Kier molecular flexibility index (Phi) is 9.59. The summed E-state index contributed by atoms with van der Waals surface area (Å²) in [6.45, 7) is 1.06. The van der Waals surface area contributed by atoms with Crippen LogP contribution in [0.2, 0.25) is 0 Å². The van der Waals surface area contributed by atoms with Crippen LogP contribution in [0.15, 0.2) is 42.6 Å². The molecule has 6 N–H and O–H groups in total. The topological polar surface area (TPSA) is 191 Å². The first-order valence-corrected chi connectivity index (χ1v) is 13.4. The van der Waals surface area contributed by atoms with Crippen molar-refractivity contribution < 1.29 is 49.0 Å². The van der Waals surface area contributed by atoms with Crippen LogP contribution in [0.5, 0.6) is 17.2 Å². The van der Waals surface area contributed by atoms with Gasteiger partial charge in [0.1, 0.15) is 0 Å². The fourth-order valence-electron chi connectivity index (χ4n) is 5.44. The lowest BCUT2D eigenvalue weighted by Crippen LogP contribution is -2.46. The number of amides is 1. The van der Waals surface area contributed by atoms with Crippen molar-refractivity contribution in [3.63, 3.8) is 0 Å². The lowest BCUT2D eigenvalue weighted by Gasteiger charge is -2.39. The summed E-state index contributed by atoms with van der Waals surface area (Å²) < 4.78 is 16.2. The number of ether oxygens (including phenoxy) is 3. The zero-order valence-corrected chi connectivity index (χ0v) is 24.2. The quantitative estimate of drug-likeness (QED) is 0.208. The Morgan fingerprint density at radius 3 is 2.21 bits per heavy atom. The van der Waals surface area contributed by atoms with Gasteiger partial charge in [0.15, 0.2) is 23.7 Å². The summed E-state index contributed by atoms with van der Waals surface area (Å²) in [5, 5.41) is 36.9. The standard InChI is InChI=1S/C26H29N3O4.C4H6O6/c1-29-14-17(10-19-18-6-5-7-20-24(18)16(13-27-20)11-21(19)29)26(30)28-12-15-8-22(31-2)25(33-4)23(9-15)32-3;5-1(3(7)8)2(6)4(9)10/h5-10,13,17,21,27H,11-12,14H2,1-4H3,(H,28,30);1-2,5-6H,(H,7,8)(H,9,10). The molecule has 0 spiro atoms. The van der Waals surface area contributed by atoms with E-state index < -0.39 is 24.1 Å². The largest absolute Gasteiger partial charge is 0.493 e. The number of H-pyrrole nitrogens is 1. The van der Waals surface area contributed by atoms with Crippen LogP contribution >= 0.6 is 0 Å². The SMILES string of the molecule is COc1cc(CNC(=O)C2C=C3c4cccc5[nH]cc(c45)CC3N(C)C2)cc(OC)c1OC.O=C(O)C(O)C(O)C(=O)O. The van der Waals surface area contributed by atoms with Crippen LogP contribution in [0.4, 0.5) is 0 Å². The van der Waals surface area contributed by atoms with E-state index in [1.54, 1.807) is 21.3 Å². The molecule has 1 aromatic heterocycles. The van der Waals surface area contributed by atoms with E-state index >= 15 is 0 Å². The number of hydrogen-bond donors (Lipinski definition) is 6. The molecule has 2 aliphatic rings. The fraction of sp³-hybridized carbons (Fsp3) is 0.367. The number of nitrogens with zero attached hydrogens (tertiary/aromatic N) is 1. The van der Waals surface area contributed by atoms with E-state index in [2.05, 4.69) is 52.7 Å². The van der Waals surface area contributed by atoms with E-state index in [1.165, 1.54) is 22.1 Å². The van der Waals surface area contributed by atoms with Crippen LogP contribution in [-0.4, -0.2) is 101 Å². The van der Waals surface area contributed by atoms with E-state index in [-0.39, 0.29) is 17.9 Å². The van der Waals surface area contributed by atoms with Gasteiger partial charge in [0.25, 0.3) is 0 Å². The number of aliphatic carboxylic acids is 2. The molecule has 13 nitrogen and oxygen atoms in total. The zero-order chi connectivity index (χ0) is 31.4. The number of methoxy groups -OCH3 is 3. The van der Waals surface area contributed by atoms with Crippen molar-refractivity contribution >= 4 is 34.3 Å². The number of aromatic nitrogens is 1. The molecule has 13 heteroatoms. The van der Waals surface area contributed by atoms with Crippen molar-refractivity contribution in [2.24, 2.45) is 5.92 Å². The average molecular weight is 598 g/mol. The van der Waals surface area contributed by atoms with Gasteiger partial charge in [0, 0.05) is 36.2 Å². The Balaban J connectivity index is 0.000000365. The van der Waals surface area contributed by atoms with Crippen LogP contribution in [0, 0.1) is 5.92 Å². The molecule has 0 saturated heterocycles. The summed E-state index contributed by atoms with van der Waals surface area (Å²) in [5.74, 6) is -2.07. The summed E-state index contributed by atoms with van der Waals surface area (Å²) in [7, 11) is 6.85. The molecule has 5 rings (SSSR count). The Morgan fingerprint density at radius 2 is 1.65 bits per heavy atom. The minimum atomic E-state index is -2.27. The molecule has 4 unspecified atom stereocenters. The number of nitrogens with one attached hydrogen (secondary N) is 2. The molecule has 2 heterocycles. The van der Waals surface area contributed by atoms with Gasteiger partial charge >= 0.3 is 11.9 Å². The maximum Gasteiger partial charge on any atom is 0.335 e. The predicted octanol–water partition coefficient (Wildman–Crippen LogP) is 1.26. The summed E-state index contributed by atoms with van der Waals surface area (Å²) in [6.07, 6.45) is 0.712. The first kappa shape index (κ1) is 31.3. The normalized spacial score (nSPS) is 18.7. The summed E-state index contributed by atoms with van der Waals surface area (Å²) in [4.78, 5) is 38.4. The molecule has 3 aromatic rings. The van der Waals surface area contributed by atoms with Gasteiger partial charge in [-0.2, -0.15) is 0 Å². The third-order valence-electron chi connectivity index (χ3n) is 7.60. The number of carbonyl (C=O) groups is 3. The number of aliphatic hydroxyl groups excluding tert-OH is 2. The first-order valence-electron chi connectivity index (χ1n) is 13.4. The molecule has 0 saturated carbocycles. The number of rotatable bonds is 9. The van der Waals surface area contributed by atoms with Gasteiger partial charge in [-0.25, -0.2) is 9.59 Å². The molecule has 4 atom stereocenters. The highest BCUT2D eigenvalue weighted by atomic mass is 16.5. The van der Waals surface area contributed by atoms with Crippen LogP contribution in [0.1, 0.15) is 16.7 Å². The molecule has 2 aromatic carbocycles. The number of aliphatic hydroxyl groups is 2. The monoisotopic (exact) mass is 597 g/mol. The molecular formula is C30H35N3O10. The molecule has 1 amide bonds. The number of carbonyl (C=O) groups excluding carboxylic acids is 1. The van der Waals surface area contributed by atoms with Crippen LogP contribution in [0.3, 0.4) is 0 Å². The zero-order valence-electron chi connectivity index (χ0n) is 24.2. The lowest BCUT2D eigenvalue weighted by atomic mass is 9.80. The van der Waals surface area contributed by atoms with Crippen molar-refractivity contribution in [3.8, 4) is 17.2 Å². The maximum absolute atomic E-state index is 13.2. The number of fused-ring (bicyclic) bond motifs is 2. The van der Waals surface area contributed by atoms with Crippen molar-refractivity contribution in [2.45, 2.75) is 31.2 Å². The molecule has 0 radical (unpaired) electrons. The molecule has 0 bridgehead atoms. The van der Waals surface area contributed by atoms with Crippen LogP contribution in [-0.2, 0) is 27.3 Å². The Morgan fingerprint density at radius 1 is 1.02 bits per heavy atom. The second kappa shape index (κ2) is 13.2. The molecule has 230 valence electrons. The predicted molar refractivity (Wildman–Crippen MR) is 155 cm³/mol. The molecule has 43 heavy (non-hydrogen) atoms. The fourth-order valence-corrected chi connectivity index (χ4v) is 5.44. The van der Waals surface area contributed by atoms with Crippen molar-refractivity contribution in [1.29, 1.82) is 0 Å². The van der Waals surface area contributed by atoms with E-state index in [0.717, 1.165) is 17.5 Å². The van der Waals surface area contributed by atoms with Gasteiger partial charge in [0.2, 0.25) is 11.7 Å². The molecule has 1 aliphatic heterocycles. The lowest BCUT2D eigenvalue weighted by molar-refractivity contribution is -0.165. The van der Waals surface area contributed by atoms with Crippen LogP contribution < -0.4 is 19.5 Å².